The van der Waals surface area contributed by atoms with Gasteiger partial charge < -0.3 is 4.42 Å². The van der Waals surface area contributed by atoms with Gasteiger partial charge in [0, 0.05) is 12.7 Å². The Bertz CT molecular complexity index is 804. The summed E-state index contributed by atoms with van der Waals surface area (Å²) in [5, 5.41) is 0. The lowest BCUT2D eigenvalue weighted by molar-refractivity contribution is 0.208. The van der Waals surface area contributed by atoms with E-state index in [2.05, 4.69) is 21.4 Å². The summed E-state index contributed by atoms with van der Waals surface area (Å²) in [6.07, 6.45) is 4.48. The minimum absolute atomic E-state index is 0.310. The lowest BCUT2D eigenvalue weighted by Gasteiger charge is -2.25. The van der Waals surface area contributed by atoms with Gasteiger partial charge >= 0.3 is 0 Å². The summed E-state index contributed by atoms with van der Waals surface area (Å²) in [6, 6.07) is 7.93. The summed E-state index contributed by atoms with van der Waals surface area (Å²) in [5.74, 6) is 2.60. The van der Waals surface area contributed by atoms with E-state index >= 15 is 0 Å². The summed E-state index contributed by atoms with van der Waals surface area (Å²) in [4.78, 5) is 11.9. The molecule has 22 heavy (non-hydrogen) atoms. The van der Waals surface area contributed by atoms with Crippen LogP contribution >= 0.6 is 0 Å². The smallest absolute Gasteiger partial charge is 0.179 e. The van der Waals surface area contributed by atoms with Gasteiger partial charge in [-0.2, -0.15) is 0 Å². The molecule has 4 heterocycles. The second kappa shape index (κ2) is 5.25. The van der Waals surface area contributed by atoms with Crippen molar-refractivity contribution in [3.63, 3.8) is 0 Å². The van der Waals surface area contributed by atoms with Crippen molar-refractivity contribution < 1.29 is 4.42 Å². The number of hydrogen-bond donors (Lipinski definition) is 0. The number of imidazole rings is 1. The van der Waals surface area contributed by atoms with E-state index in [9.17, 15) is 0 Å². The Morgan fingerprint density at radius 1 is 1.32 bits per heavy atom. The summed E-state index contributed by atoms with van der Waals surface area (Å²) < 4.78 is 8.09. The molecule has 3 aromatic rings. The third-order valence-electron chi connectivity index (χ3n) is 4.44. The van der Waals surface area contributed by atoms with Crippen molar-refractivity contribution in [2.24, 2.45) is 0 Å². The molecule has 0 amide bonds. The summed E-state index contributed by atoms with van der Waals surface area (Å²) >= 11 is 0. The molecule has 1 saturated heterocycles. The quantitative estimate of drug-likeness (QED) is 0.740. The van der Waals surface area contributed by atoms with E-state index in [0.717, 1.165) is 48.0 Å². The molecule has 3 aromatic heterocycles. The first kappa shape index (κ1) is 13.5. The number of hydrogen-bond acceptors (Lipinski definition) is 4. The average Bonchev–Trinajstić information content (AvgIpc) is 3.22. The lowest BCUT2D eigenvalue weighted by Crippen LogP contribution is -2.27. The normalized spacial score (nSPS) is 19.3. The van der Waals surface area contributed by atoms with Crippen LogP contribution in [0.4, 0.5) is 0 Å². The molecule has 0 radical (unpaired) electrons. The van der Waals surface area contributed by atoms with E-state index in [0.29, 0.717) is 6.17 Å². The zero-order valence-corrected chi connectivity index (χ0v) is 13.0. The Morgan fingerprint density at radius 2 is 2.23 bits per heavy atom. The van der Waals surface area contributed by atoms with Gasteiger partial charge in [0.25, 0.3) is 0 Å². The van der Waals surface area contributed by atoms with Gasteiger partial charge in [-0.25, -0.2) is 9.97 Å². The predicted molar refractivity (Wildman–Crippen MR) is 85.5 cm³/mol. The van der Waals surface area contributed by atoms with Gasteiger partial charge in [0.1, 0.15) is 11.3 Å². The molecular formula is C17H20N4O. The van der Waals surface area contributed by atoms with Crippen molar-refractivity contribution in [3.8, 4) is 11.6 Å². The van der Waals surface area contributed by atoms with E-state index in [1.165, 1.54) is 6.42 Å². The van der Waals surface area contributed by atoms with Crippen LogP contribution < -0.4 is 0 Å². The third-order valence-corrected chi connectivity index (χ3v) is 4.44. The van der Waals surface area contributed by atoms with Crippen molar-refractivity contribution in [1.29, 1.82) is 0 Å². The Labute approximate surface area is 129 Å². The van der Waals surface area contributed by atoms with Crippen molar-refractivity contribution >= 4 is 11.2 Å². The molecular weight excluding hydrogens is 276 g/mol. The molecule has 1 aliphatic heterocycles. The molecule has 1 unspecified atom stereocenters. The fourth-order valence-corrected chi connectivity index (χ4v) is 3.41. The van der Waals surface area contributed by atoms with Gasteiger partial charge in [0.15, 0.2) is 17.2 Å². The van der Waals surface area contributed by atoms with E-state index in [1.54, 1.807) is 0 Å². The molecule has 0 saturated carbocycles. The van der Waals surface area contributed by atoms with Crippen molar-refractivity contribution in [3.05, 3.63) is 36.2 Å². The highest BCUT2D eigenvalue weighted by atomic mass is 16.3. The van der Waals surface area contributed by atoms with Crippen LogP contribution in [0.2, 0.25) is 0 Å². The van der Waals surface area contributed by atoms with Crippen LogP contribution in [0.25, 0.3) is 22.7 Å². The summed E-state index contributed by atoms with van der Waals surface area (Å²) in [5.41, 5.74) is 1.87. The van der Waals surface area contributed by atoms with Crippen LogP contribution in [0.1, 0.15) is 31.7 Å². The molecule has 0 N–H and O–H groups in total. The number of aromatic nitrogens is 3. The van der Waals surface area contributed by atoms with Crippen molar-refractivity contribution in [1.82, 2.24) is 19.4 Å². The minimum Gasteiger partial charge on any atom is -0.458 e. The van der Waals surface area contributed by atoms with E-state index in [4.69, 9.17) is 9.40 Å². The molecule has 1 fully saturated rings. The van der Waals surface area contributed by atoms with Gasteiger partial charge in [-0.3, -0.25) is 9.47 Å². The first-order valence-corrected chi connectivity index (χ1v) is 7.91. The Morgan fingerprint density at radius 3 is 3.00 bits per heavy atom. The molecule has 1 atom stereocenters. The highest BCUT2D eigenvalue weighted by Gasteiger charge is 2.30. The minimum atomic E-state index is 0.310. The number of rotatable bonds is 3. The Kier molecular flexibility index (Phi) is 3.22. The molecule has 1 aliphatic rings. The predicted octanol–water partition coefficient (Wildman–Crippen LogP) is 3.61. The Balaban J connectivity index is 1.94. The standard InChI is InChI=1S/C17H20N4O/c1-3-20-11-5-7-15(20)21-16-13(6-4-10-18-16)19-17(21)14-9-8-12(2)22-14/h4,6,8-10,15H,3,5,7,11H2,1-2H3. The first-order valence-electron chi connectivity index (χ1n) is 7.91. The van der Waals surface area contributed by atoms with Crippen LogP contribution in [0.3, 0.4) is 0 Å². The van der Waals surface area contributed by atoms with Gasteiger partial charge in [-0.15, -0.1) is 0 Å². The van der Waals surface area contributed by atoms with Gasteiger partial charge in [0.2, 0.25) is 0 Å². The number of aryl methyl sites for hydroxylation is 1. The number of likely N-dealkylation sites (tertiary alicyclic amines) is 1. The number of nitrogens with zero attached hydrogens (tertiary/aromatic N) is 4. The highest BCUT2D eigenvalue weighted by Crippen LogP contribution is 2.34. The van der Waals surface area contributed by atoms with Crippen molar-refractivity contribution in [2.45, 2.75) is 32.9 Å². The van der Waals surface area contributed by atoms with Crippen molar-refractivity contribution in [2.75, 3.05) is 13.1 Å². The van der Waals surface area contributed by atoms with E-state index in [1.807, 2.05) is 37.4 Å². The topological polar surface area (TPSA) is 47.1 Å². The second-order valence-corrected chi connectivity index (χ2v) is 5.81. The lowest BCUT2D eigenvalue weighted by atomic mass is 10.3. The van der Waals surface area contributed by atoms with Gasteiger partial charge in [-0.1, -0.05) is 6.92 Å². The molecule has 5 heteroatoms. The van der Waals surface area contributed by atoms with Crippen LogP contribution in [0, 0.1) is 6.92 Å². The molecule has 0 aliphatic carbocycles. The molecule has 5 nitrogen and oxygen atoms in total. The maximum atomic E-state index is 5.84. The number of fused-ring (bicyclic) bond motifs is 1. The monoisotopic (exact) mass is 296 g/mol. The fraction of sp³-hybridized carbons (Fsp3) is 0.412. The SMILES string of the molecule is CCN1CCCC1n1c(-c2ccc(C)o2)nc2cccnc21. The van der Waals surface area contributed by atoms with E-state index in [-0.39, 0.29) is 0 Å². The summed E-state index contributed by atoms with van der Waals surface area (Å²) in [7, 11) is 0. The van der Waals surface area contributed by atoms with Crippen LogP contribution in [-0.4, -0.2) is 32.5 Å². The Hall–Kier alpha value is -2.14. The maximum Gasteiger partial charge on any atom is 0.179 e. The maximum absolute atomic E-state index is 5.84. The number of pyridine rings is 1. The molecule has 0 bridgehead atoms. The van der Waals surface area contributed by atoms with Gasteiger partial charge in [-0.05, 0) is 50.6 Å². The second-order valence-electron chi connectivity index (χ2n) is 5.81. The zero-order valence-electron chi connectivity index (χ0n) is 13.0. The van der Waals surface area contributed by atoms with Gasteiger partial charge in [0.05, 0.1) is 6.17 Å². The van der Waals surface area contributed by atoms with Crippen LogP contribution in [0.15, 0.2) is 34.9 Å². The molecule has 4 rings (SSSR count). The highest BCUT2D eigenvalue weighted by molar-refractivity contribution is 5.76. The zero-order chi connectivity index (χ0) is 15.1. The van der Waals surface area contributed by atoms with E-state index < -0.39 is 0 Å². The third kappa shape index (κ3) is 2.04. The first-order chi connectivity index (χ1) is 10.8. The fourth-order valence-electron chi connectivity index (χ4n) is 3.41. The number of furan rings is 1. The largest absolute Gasteiger partial charge is 0.458 e. The van der Waals surface area contributed by atoms with Crippen LogP contribution in [-0.2, 0) is 0 Å². The average molecular weight is 296 g/mol. The molecule has 114 valence electrons. The molecule has 0 aromatic carbocycles. The molecule has 0 spiro atoms. The summed E-state index contributed by atoms with van der Waals surface area (Å²) in [6.45, 7) is 6.34. The van der Waals surface area contributed by atoms with Crippen LogP contribution in [0.5, 0.6) is 0 Å².